The van der Waals surface area contributed by atoms with E-state index in [-0.39, 0.29) is 42.7 Å². The summed E-state index contributed by atoms with van der Waals surface area (Å²) in [6, 6.07) is -0.727. The smallest absolute Gasteiger partial charge is 0.306 e. The monoisotopic (exact) mass is 778 g/mol. The molecule has 0 radical (unpaired) electrons. The van der Waals surface area contributed by atoms with Gasteiger partial charge in [-0.3, -0.25) is 9.59 Å². The zero-order valence-electron chi connectivity index (χ0n) is 36.6. The van der Waals surface area contributed by atoms with Crippen molar-refractivity contribution in [3.63, 3.8) is 0 Å². The van der Waals surface area contributed by atoms with Crippen LogP contribution in [0.25, 0.3) is 0 Å². The predicted octanol–water partition coefficient (Wildman–Crippen LogP) is 11.1. The van der Waals surface area contributed by atoms with E-state index in [1.165, 1.54) is 135 Å². The lowest BCUT2D eigenvalue weighted by Crippen LogP contribution is -2.55. The van der Waals surface area contributed by atoms with Crippen molar-refractivity contribution in [2.45, 2.75) is 219 Å². The number of aliphatic carboxylic acids is 1. The molecule has 0 rings (SSSR count). The summed E-state index contributed by atoms with van der Waals surface area (Å²) in [6.07, 6.45) is 42.2. The molecule has 0 fully saturated rings. The van der Waals surface area contributed by atoms with Gasteiger partial charge in [0.25, 0.3) is 0 Å². The van der Waals surface area contributed by atoms with E-state index in [0.29, 0.717) is 19.3 Å². The maximum atomic E-state index is 12.7. The van der Waals surface area contributed by atoms with Gasteiger partial charge in [0.15, 0.2) is 6.10 Å². The van der Waals surface area contributed by atoms with Crippen LogP contribution in [0.4, 0.5) is 0 Å². The SMILES string of the molecule is CCCCCC/C=C/CCCC(=O)OCC(COCCC(C(=O)[O-])[N+](C)(C)C)OC(=O)CCCCCCCCC/C=C/CCCCCCCCCCCCC. The first-order chi connectivity index (χ1) is 26.6. The van der Waals surface area contributed by atoms with Gasteiger partial charge in [0.1, 0.15) is 12.6 Å². The van der Waals surface area contributed by atoms with Gasteiger partial charge in [-0.05, 0) is 57.8 Å². The molecule has 2 atom stereocenters. The number of carboxylic acid groups (broad SMARTS) is 1. The fourth-order valence-corrected chi connectivity index (χ4v) is 6.72. The van der Waals surface area contributed by atoms with Gasteiger partial charge in [0, 0.05) is 19.3 Å². The van der Waals surface area contributed by atoms with Crippen molar-refractivity contribution >= 4 is 17.9 Å². The van der Waals surface area contributed by atoms with E-state index in [0.717, 1.165) is 32.1 Å². The molecule has 8 nitrogen and oxygen atoms in total. The van der Waals surface area contributed by atoms with E-state index in [2.05, 4.69) is 38.2 Å². The van der Waals surface area contributed by atoms with Crippen molar-refractivity contribution in [3.8, 4) is 0 Å². The molecule has 0 aromatic heterocycles. The summed E-state index contributed by atoms with van der Waals surface area (Å²) in [5.41, 5.74) is 0. The maximum Gasteiger partial charge on any atom is 0.306 e. The molecule has 0 aliphatic carbocycles. The Morgan fingerprint density at radius 3 is 1.38 bits per heavy atom. The molecule has 8 heteroatoms. The van der Waals surface area contributed by atoms with Crippen LogP contribution in [0.15, 0.2) is 24.3 Å². The standard InChI is InChI=1S/C47H87NO7/c1-6-8-10-12-14-16-17-18-19-20-21-22-23-24-25-26-27-28-30-32-34-36-38-46(50)55-43(41-53-40-39-44(47(51)52)48(3,4)5)42-54-45(49)37-35-33-31-29-15-13-11-9-7-2/h23-24,29,31,43-44H,6-22,25-28,30,32-42H2,1-5H3/b24-23+,31-29+. The van der Waals surface area contributed by atoms with Crippen LogP contribution in [0.3, 0.4) is 0 Å². The number of quaternary nitrogens is 1. The number of carbonyl (C=O) groups excluding carboxylic acids is 3. The van der Waals surface area contributed by atoms with E-state index in [1.807, 2.05) is 0 Å². The molecule has 0 bridgehead atoms. The van der Waals surface area contributed by atoms with Crippen molar-refractivity contribution in [1.29, 1.82) is 0 Å². The first kappa shape index (κ1) is 52.8. The van der Waals surface area contributed by atoms with Gasteiger partial charge in [-0.1, -0.05) is 154 Å². The van der Waals surface area contributed by atoms with Gasteiger partial charge in [-0.15, -0.1) is 0 Å². The molecule has 0 amide bonds. The highest BCUT2D eigenvalue weighted by atomic mass is 16.6. The minimum absolute atomic E-state index is 0.0330. The lowest BCUT2D eigenvalue weighted by molar-refractivity contribution is -0.889. The Labute approximate surface area is 339 Å². The molecule has 55 heavy (non-hydrogen) atoms. The maximum absolute atomic E-state index is 12.7. The lowest BCUT2D eigenvalue weighted by atomic mass is 10.0. The Bertz CT molecular complexity index is 957. The number of rotatable bonds is 41. The second kappa shape index (κ2) is 38.7. The molecular formula is C47H87NO7. The largest absolute Gasteiger partial charge is 0.544 e. The summed E-state index contributed by atoms with van der Waals surface area (Å²) in [7, 11) is 5.40. The summed E-state index contributed by atoms with van der Waals surface area (Å²) in [4.78, 5) is 36.7. The van der Waals surface area contributed by atoms with Crippen molar-refractivity contribution in [1.82, 2.24) is 0 Å². The minimum atomic E-state index is -1.13. The Morgan fingerprint density at radius 2 is 0.927 bits per heavy atom. The van der Waals surface area contributed by atoms with Gasteiger partial charge in [-0.25, -0.2) is 0 Å². The van der Waals surface area contributed by atoms with Crippen LogP contribution in [0.5, 0.6) is 0 Å². The first-order valence-corrected chi connectivity index (χ1v) is 22.9. The Kier molecular flexibility index (Phi) is 37.1. The van der Waals surface area contributed by atoms with Crippen LogP contribution < -0.4 is 5.11 Å². The summed E-state index contributed by atoms with van der Waals surface area (Å²) in [5, 5.41) is 11.6. The van der Waals surface area contributed by atoms with Crippen molar-refractivity contribution < 1.29 is 38.2 Å². The average molecular weight is 778 g/mol. The van der Waals surface area contributed by atoms with Gasteiger partial charge >= 0.3 is 11.9 Å². The lowest BCUT2D eigenvalue weighted by Gasteiger charge is -2.34. The number of hydrogen-bond acceptors (Lipinski definition) is 7. The van der Waals surface area contributed by atoms with Gasteiger partial charge < -0.3 is 28.6 Å². The molecule has 0 spiro atoms. The van der Waals surface area contributed by atoms with Gasteiger partial charge in [0.05, 0.1) is 40.3 Å². The van der Waals surface area contributed by atoms with Gasteiger partial charge in [-0.2, -0.15) is 0 Å². The third-order valence-electron chi connectivity index (χ3n) is 10.3. The molecule has 0 saturated heterocycles. The zero-order chi connectivity index (χ0) is 40.7. The molecule has 0 heterocycles. The number of unbranched alkanes of at least 4 members (excludes halogenated alkanes) is 23. The number of likely N-dealkylation sites (N-methyl/N-ethyl adjacent to an activating group) is 1. The van der Waals surface area contributed by atoms with Crippen LogP contribution in [-0.4, -0.2) is 75.5 Å². The zero-order valence-corrected chi connectivity index (χ0v) is 36.6. The normalized spacial score (nSPS) is 13.1. The number of allylic oxidation sites excluding steroid dienone is 4. The number of carboxylic acids is 1. The van der Waals surface area contributed by atoms with Crippen LogP contribution in [0.1, 0.15) is 206 Å². The van der Waals surface area contributed by atoms with E-state index in [9.17, 15) is 19.5 Å². The number of carbonyl (C=O) groups is 3. The number of ether oxygens (including phenoxy) is 3. The number of esters is 2. The third kappa shape index (κ3) is 37.2. The van der Waals surface area contributed by atoms with Gasteiger partial charge in [0.2, 0.25) is 0 Å². The van der Waals surface area contributed by atoms with E-state index >= 15 is 0 Å². The molecule has 0 aliphatic rings. The number of hydrogen-bond donors (Lipinski definition) is 0. The number of nitrogens with zero attached hydrogens (tertiary/aromatic N) is 1. The highest BCUT2D eigenvalue weighted by molar-refractivity contribution is 5.70. The van der Waals surface area contributed by atoms with Crippen molar-refractivity contribution in [3.05, 3.63) is 24.3 Å². The highest BCUT2D eigenvalue weighted by Gasteiger charge is 2.25. The summed E-state index contributed by atoms with van der Waals surface area (Å²) >= 11 is 0. The van der Waals surface area contributed by atoms with Crippen LogP contribution >= 0.6 is 0 Å². The second-order valence-electron chi connectivity index (χ2n) is 16.6. The quantitative estimate of drug-likeness (QED) is 0.0264. The third-order valence-corrected chi connectivity index (χ3v) is 10.3. The Morgan fingerprint density at radius 1 is 0.527 bits per heavy atom. The van der Waals surface area contributed by atoms with E-state index in [4.69, 9.17) is 14.2 Å². The minimum Gasteiger partial charge on any atom is -0.544 e. The molecule has 0 saturated carbocycles. The molecule has 0 N–H and O–H groups in total. The first-order valence-electron chi connectivity index (χ1n) is 22.9. The molecule has 0 aromatic rings. The van der Waals surface area contributed by atoms with Crippen LogP contribution in [0.2, 0.25) is 0 Å². The van der Waals surface area contributed by atoms with Crippen LogP contribution in [0, 0.1) is 0 Å². The summed E-state index contributed by atoms with van der Waals surface area (Å²) in [6.45, 7) is 4.61. The fourth-order valence-electron chi connectivity index (χ4n) is 6.72. The molecule has 0 aliphatic heterocycles. The predicted molar refractivity (Wildman–Crippen MR) is 227 cm³/mol. The fraction of sp³-hybridized carbons (Fsp3) is 0.851. The second-order valence-corrected chi connectivity index (χ2v) is 16.6. The summed E-state index contributed by atoms with van der Waals surface area (Å²) in [5.74, 6) is -1.78. The Hall–Kier alpha value is -2.19. The van der Waals surface area contributed by atoms with Crippen molar-refractivity contribution in [2.24, 2.45) is 0 Å². The molecule has 2 unspecified atom stereocenters. The summed E-state index contributed by atoms with van der Waals surface area (Å²) < 4.78 is 17.1. The van der Waals surface area contributed by atoms with E-state index < -0.39 is 18.1 Å². The molecular weight excluding hydrogens is 691 g/mol. The topological polar surface area (TPSA) is 102 Å². The van der Waals surface area contributed by atoms with Crippen molar-refractivity contribution in [2.75, 3.05) is 41.0 Å². The average Bonchev–Trinajstić information content (AvgIpc) is 3.14. The van der Waals surface area contributed by atoms with Crippen LogP contribution in [-0.2, 0) is 28.6 Å². The molecule has 322 valence electrons. The highest BCUT2D eigenvalue weighted by Crippen LogP contribution is 2.14. The molecule has 0 aromatic carbocycles. The Balaban J connectivity index is 4.21. The van der Waals surface area contributed by atoms with E-state index in [1.54, 1.807) is 21.1 Å².